The van der Waals surface area contributed by atoms with Gasteiger partial charge in [0.15, 0.2) is 5.76 Å². The number of aromatic nitrogens is 1. The van der Waals surface area contributed by atoms with Gasteiger partial charge >= 0.3 is 0 Å². The Morgan fingerprint density at radius 2 is 2.20 bits per heavy atom. The first-order chi connectivity index (χ1) is 12.2. The molecule has 0 bridgehead atoms. The Kier molecular flexibility index (Phi) is 4.32. The van der Waals surface area contributed by atoms with Crippen molar-refractivity contribution in [2.75, 3.05) is 26.3 Å². The molecule has 25 heavy (non-hydrogen) atoms. The maximum absolute atomic E-state index is 12.7. The molecule has 0 radical (unpaired) electrons. The van der Waals surface area contributed by atoms with Crippen LogP contribution in [-0.2, 0) is 11.2 Å². The molecule has 130 valence electrons. The molecule has 1 aromatic carbocycles. The molecule has 1 fully saturated rings. The molecule has 1 aliphatic rings. The molecule has 1 saturated heterocycles. The third kappa shape index (κ3) is 3.46. The number of hydrogen-bond acceptors (Lipinski definition) is 3. The number of rotatable bonds is 3. The summed E-state index contributed by atoms with van der Waals surface area (Å²) in [5.41, 5.74) is 2.41. The normalized spacial score (nSPS) is 18.4. The quantitative estimate of drug-likeness (QED) is 0.796. The van der Waals surface area contributed by atoms with Crippen LogP contribution in [0.2, 0.25) is 0 Å². The fourth-order valence-corrected chi connectivity index (χ4v) is 3.46. The van der Waals surface area contributed by atoms with Crippen molar-refractivity contribution in [1.82, 2.24) is 9.88 Å². The minimum Gasteiger partial charge on any atom is -0.456 e. The smallest absolute Gasteiger partial charge is 0.289 e. The van der Waals surface area contributed by atoms with Crippen molar-refractivity contribution in [2.45, 2.75) is 13.3 Å². The number of ether oxygens (including phenoxy) is 1. The highest BCUT2D eigenvalue weighted by Gasteiger charge is 2.25. The molecular weight excluding hydrogens is 316 g/mol. The second-order valence-corrected chi connectivity index (χ2v) is 6.71. The lowest BCUT2D eigenvalue weighted by Crippen LogP contribution is -2.36. The number of furan rings is 1. The van der Waals surface area contributed by atoms with Crippen LogP contribution in [0, 0.1) is 12.8 Å². The zero-order valence-electron chi connectivity index (χ0n) is 14.3. The van der Waals surface area contributed by atoms with Crippen LogP contribution in [0.15, 0.2) is 47.0 Å². The Hall–Kier alpha value is -2.53. The van der Waals surface area contributed by atoms with Crippen LogP contribution in [0.5, 0.6) is 0 Å². The number of carbonyl (C=O) groups excluding carboxylic acids is 1. The molecule has 2 aromatic heterocycles. The molecule has 0 unspecified atom stereocenters. The van der Waals surface area contributed by atoms with E-state index < -0.39 is 0 Å². The topological polar surface area (TPSA) is 58.5 Å². The lowest BCUT2D eigenvalue weighted by atomic mass is 9.98. The molecular formula is C20H22N2O3. The Balaban J connectivity index is 1.48. The summed E-state index contributed by atoms with van der Waals surface area (Å²) in [5, 5.41) is 1.21. The first kappa shape index (κ1) is 16.0. The van der Waals surface area contributed by atoms with Gasteiger partial charge in [-0.1, -0.05) is 6.07 Å². The number of aryl methyl sites for hydroxylation is 1. The number of amides is 1. The monoisotopic (exact) mass is 338 g/mol. The van der Waals surface area contributed by atoms with Crippen molar-refractivity contribution in [3.05, 3.63) is 59.7 Å². The summed E-state index contributed by atoms with van der Waals surface area (Å²) in [4.78, 5) is 17.7. The van der Waals surface area contributed by atoms with E-state index >= 15 is 0 Å². The van der Waals surface area contributed by atoms with Crippen LogP contribution >= 0.6 is 0 Å². The van der Waals surface area contributed by atoms with Crippen LogP contribution in [0.3, 0.4) is 0 Å². The largest absolute Gasteiger partial charge is 0.456 e. The minimum atomic E-state index is -0.0512. The summed E-state index contributed by atoms with van der Waals surface area (Å²) in [5.74, 6) is 1.39. The zero-order chi connectivity index (χ0) is 17.2. The molecule has 1 aliphatic heterocycles. The van der Waals surface area contributed by atoms with Crippen LogP contribution in [0.25, 0.3) is 10.9 Å². The van der Waals surface area contributed by atoms with E-state index in [-0.39, 0.29) is 11.8 Å². The first-order valence-corrected chi connectivity index (χ1v) is 8.68. The van der Waals surface area contributed by atoms with Gasteiger partial charge in [-0.25, -0.2) is 0 Å². The molecule has 4 rings (SSSR count). The Labute approximate surface area is 146 Å². The highest BCUT2D eigenvalue weighted by molar-refractivity contribution is 5.91. The molecule has 0 spiro atoms. The fraction of sp³-hybridized carbons (Fsp3) is 0.350. The number of H-pyrrole nitrogens is 1. The average molecular weight is 338 g/mol. The lowest BCUT2D eigenvalue weighted by Gasteiger charge is -2.22. The number of nitrogens with zero attached hydrogens (tertiary/aromatic N) is 1. The number of aromatic amines is 1. The predicted octanol–water partition coefficient (Wildman–Crippen LogP) is 3.40. The molecule has 1 amide bonds. The van der Waals surface area contributed by atoms with E-state index in [4.69, 9.17) is 9.15 Å². The first-order valence-electron chi connectivity index (χ1n) is 8.68. The van der Waals surface area contributed by atoms with Crippen LogP contribution < -0.4 is 0 Å². The highest BCUT2D eigenvalue weighted by atomic mass is 16.5. The van der Waals surface area contributed by atoms with Gasteiger partial charge in [0.1, 0.15) is 5.76 Å². The Morgan fingerprint density at radius 1 is 1.28 bits per heavy atom. The third-order valence-electron chi connectivity index (χ3n) is 4.72. The van der Waals surface area contributed by atoms with Gasteiger partial charge in [0, 0.05) is 30.7 Å². The van der Waals surface area contributed by atoms with Crippen molar-refractivity contribution < 1.29 is 13.9 Å². The van der Waals surface area contributed by atoms with Gasteiger partial charge < -0.3 is 19.0 Å². The lowest BCUT2D eigenvalue weighted by molar-refractivity contribution is 0.0704. The molecule has 5 nitrogen and oxygen atoms in total. The van der Waals surface area contributed by atoms with E-state index in [9.17, 15) is 4.79 Å². The van der Waals surface area contributed by atoms with Crippen molar-refractivity contribution in [3.8, 4) is 0 Å². The third-order valence-corrected chi connectivity index (χ3v) is 4.72. The van der Waals surface area contributed by atoms with Gasteiger partial charge in [-0.05, 0) is 54.6 Å². The fourth-order valence-electron chi connectivity index (χ4n) is 3.46. The maximum Gasteiger partial charge on any atom is 0.289 e. The van der Waals surface area contributed by atoms with Crippen LogP contribution in [0.1, 0.15) is 21.9 Å². The Morgan fingerprint density at radius 3 is 3.04 bits per heavy atom. The summed E-state index contributed by atoms with van der Waals surface area (Å²) >= 11 is 0. The van der Waals surface area contributed by atoms with Gasteiger partial charge in [-0.15, -0.1) is 0 Å². The van der Waals surface area contributed by atoms with E-state index in [0.29, 0.717) is 32.1 Å². The van der Waals surface area contributed by atoms with Gasteiger partial charge in [0.25, 0.3) is 5.91 Å². The van der Waals surface area contributed by atoms with E-state index in [0.717, 1.165) is 17.7 Å². The summed E-state index contributed by atoms with van der Waals surface area (Å²) in [6.45, 7) is 4.38. The second kappa shape index (κ2) is 6.76. The summed E-state index contributed by atoms with van der Waals surface area (Å²) < 4.78 is 11.2. The SMILES string of the molecule is Cc1ccc(C(=O)N2CCOC[C@H](Cc3ccc4[nH]ccc4c3)C2)o1. The van der Waals surface area contributed by atoms with Crippen molar-refractivity contribution >= 4 is 16.8 Å². The minimum absolute atomic E-state index is 0.0512. The summed E-state index contributed by atoms with van der Waals surface area (Å²) in [6, 6.07) is 12.1. The standard InChI is InChI=1S/C20H22N2O3/c1-14-2-5-19(25-14)20(23)22-8-9-24-13-16(12-22)10-15-3-4-18-17(11-15)6-7-21-18/h2-7,11,16,21H,8-10,12-13H2,1H3/t16-/m1/s1. The van der Waals surface area contributed by atoms with Crippen molar-refractivity contribution in [2.24, 2.45) is 5.92 Å². The maximum atomic E-state index is 12.7. The van der Waals surface area contributed by atoms with Crippen LogP contribution in [0.4, 0.5) is 0 Å². The number of carbonyl (C=O) groups is 1. The molecule has 3 heterocycles. The predicted molar refractivity (Wildman–Crippen MR) is 95.7 cm³/mol. The molecule has 3 aromatic rings. The summed E-state index contributed by atoms with van der Waals surface area (Å²) in [6.07, 6.45) is 2.84. The van der Waals surface area contributed by atoms with Gasteiger partial charge in [0.2, 0.25) is 0 Å². The van der Waals surface area contributed by atoms with Gasteiger partial charge in [-0.3, -0.25) is 4.79 Å². The van der Waals surface area contributed by atoms with E-state index in [1.807, 2.05) is 24.1 Å². The number of benzene rings is 1. The molecule has 0 aliphatic carbocycles. The molecule has 5 heteroatoms. The van der Waals surface area contributed by atoms with Gasteiger partial charge in [-0.2, -0.15) is 0 Å². The van der Waals surface area contributed by atoms with E-state index in [2.05, 4.69) is 29.2 Å². The highest BCUT2D eigenvalue weighted by Crippen LogP contribution is 2.20. The van der Waals surface area contributed by atoms with E-state index in [1.165, 1.54) is 10.9 Å². The second-order valence-electron chi connectivity index (χ2n) is 6.71. The van der Waals surface area contributed by atoms with E-state index in [1.54, 1.807) is 6.07 Å². The van der Waals surface area contributed by atoms with Crippen molar-refractivity contribution in [3.63, 3.8) is 0 Å². The molecule has 0 saturated carbocycles. The zero-order valence-corrected chi connectivity index (χ0v) is 14.3. The Bertz CT molecular complexity index is 880. The van der Waals surface area contributed by atoms with Crippen LogP contribution in [-0.4, -0.2) is 42.1 Å². The number of fused-ring (bicyclic) bond motifs is 1. The average Bonchev–Trinajstić information content (AvgIpc) is 3.18. The molecule has 1 atom stereocenters. The number of nitrogens with one attached hydrogen (secondary N) is 1. The van der Waals surface area contributed by atoms with Crippen molar-refractivity contribution in [1.29, 1.82) is 0 Å². The summed E-state index contributed by atoms with van der Waals surface area (Å²) in [7, 11) is 0. The molecule has 1 N–H and O–H groups in total. The van der Waals surface area contributed by atoms with Gasteiger partial charge in [0.05, 0.1) is 13.2 Å². The number of hydrogen-bond donors (Lipinski definition) is 1.